The van der Waals surface area contributed by atoms with Gasteiger partial charge in [-0.3, -0.25) is 10.1 Å². The molecule has 21 heavy (non-hydrogen) atoms. The van der Waals surface area contributed by atoms with Crippen LogP contribution in [0.4, 0.5) is 11.6 Å². The van der Waals surface area contributed by atoms with E-state index < -0.39 is 0 Å². The summed E-state index contributed by atoms with van der Waals surface area (Å²) in [5.74, 6) is 0.617. The predicted octanol–water partition coefficient (Wildman–Crippen LogP) is 0.142. The molecular weight excluding hydrogens is 266 g/mol. The SMILES string of the molecule is Cc1cc(C)c(NC(N)=[NH+]c2nc(C)cc(=O)[nH]2)c(C)c1. The number of nitrogens with one attached hydrogen (secondary N) is 3. The number of anilines is 1. The van der Waals surface area contributed by atoms with Crippen molar-refractivity contribution in [3.05, 3.63) is 50.9 Å². The van der Waals surface area contributed by atoms with Gasteiger partial charge in [-0.25, -0.2) is 9.98 Å². The third-order valence-corrected chi connectivity index (χ3v) is 3.06. The second kappa shape index (κ2) is 5.78. The maximum Gasteiger partial charge on any atom is 0.325 e. The number of aryl methyl sites for hydroxylation is 4. The molecule has 2 rings (SSSR count). The van der Waals surface area contributed by atoms with E-state index in [-0.39, 0.29) is 5.56 Å². The first-order valence-electron chi connectivity index (χ1n) is 6.67. The highest BCUT2D eigenvalue weighted by molar-refractivity contribution is 5.90. The molecule has 0 aliphatic carbocycles. The molecule has 1 aromatic heterocycles. The van der Waals surface area contributed by atoms with Gasteiger partial charge in [-0.15, -0.1) is 4.98 Å². The van der Waals surface area contributed by atoms with Gasteiger partial charge in [0.1, 0.15) is 0 Å². The molecule has 0 spiro atoms. The Labute approximate surface area is 123 Å². The van der Waals surface area contributed by atoms with Gasteiger partial charge in [0, 0.05) is 6.07 Å². The van der Waals surface area contributed by atoms with Crippen LogP contribution in [-0.4, -0.2) is 15.9 Å². The van der Waals surface area contributed by atoms with Crippen molar-refractivity contribution in [1.82, 2.24) is 9.97 Å². The Morgan fingerprint density at radius 3 is 2.38 bits per heavy atom. The van der Waals surface area contributed by atoms with Crippen molar-refractivity contribution >= 4 is 17.6 Å². The fraction of sp³-hybridized carbons (Fsp3) is 0.267. The fourth-order valence-corrected chi connectivity index (χ4v) is 2.31. The summed E-state index contributed by atoms with van der Waals surface area (Å²) in [6.07, 6.45) is 0. The van der Waals surface area contributed by atoms with Crippen LogP contribution in [0.2, 0.25) is 0 Å². The van der Waals surface area contributed by atoms with Gasteiger partial charge < -0.3 is 5.73 Å². The van der Waals surface area contributed by atoms with Gasteiger partial charge in [0.15, 0.2) is 0 Å². The Morgan fingerprint density at radius 1 is 1.19 bits per heavy atom. The van der Waals surface area contributed by atoms with Crippen molar-refractivity contribution in [3.8, 4) is 0 Å². The number of aromatic nitrogens is 2. The Balaban J connectivity index is 2.31. The fourth-order valence-electron chi connectivity index (χ4n) is 2.31. The van der Waals surface area contributed by atoms with Crippen molar-refractivity contribution in [1.29, 1.82) is 0 Å². The van der Waals surface area contributed by atoms with E-state index in [2.05, 4.69) is 39.3 Å². The third-order valence-electron chi connectivity index (χ3n) is 3.06. The smallest absolute Gasteiger partial charge is 0.322 e. The summed E-state index contributed by atoms with van der Waals surface area (Å²) in [5, 5.41) is 3.11. The van der Waals surface area contributed by atoms with Crippen molar-refractivity contribution < 1.29 is 4.99 Å². The lowest BCUT2D eigenvalue weighted by Crippen LogP contribution is -2.73. The lowest BCUT2D eigenvalue weighted by Gasteiger charge is -2.10. The third kappa shape index (κ3) is 3.68. The largest absolute Gasteiger partial charge is 0.325 e. The van der Waals surface area contributed by atoms with Crippen LogP contribution in [0.15, 0.2) is 23.0 Å². The first-order valence-corrected chi connectivity index (χ1v) is 6.67. The summed E-state index contributed by atoms with van der Waals surface area (Å²) in [6, 6.07) is 5.58. The van der Waals surface area contributed by atoms with Gasteiger partial charge in [-0.2, -0.15) is 0 Å². The van der Waals surface area contributed by atoms with E-state index in [0.29, 0.717) is 17.6 Å². The summed E-state index contributed by atoms with van der Waals surface area (Å²) in [5.41, 5.74) is 10.7. The van der Waals surface area contributed by atoms with Crippen LogP contribution in [-0.2, 0) is 0 Å². The molecule has 0 aliphatic heterocycles. The summed E-state index contributed by atoms with van der Waals surface area (Å²) in [4.78, 5) is 21.0. The van der Waals surface area contributed by atoms with Crippen LogP contribution in [0.25, 0.3) is 0 Å². The molecule has 6 heteroatoms. The maximum atomic E-state index is 11.4. The van der Waals surface area contributed by atoms with Gasteiger partial charge in [0.25, 0.3) is 11.5 Å². The second-order valence-electron chi connectivity index (χ2n) is 5.17. The summed E-state index contributed by atoms with van der Waals surface area (Å²) >= 11 is 0. The van der Waals surface area contributed by atoms with E-state index in [1.807, 2.05) is 13.8 Å². The average Bonchev–Trinajstić information content (AvgIpc) is 2.32. The van der Waals surface area contributed by atoms with E-state index in [9.17, 15) is 4.79 Å². The highest BCUT2D eigenvalue weighted by Crippen LogP contribution is 2.21. The van der Waals surface area contributed by atoms with Crippen LogP contribution < -0.4 is 21.6 Å². The van der Waals surface area contributed by atoms with Crippen molar-refractivity contribution in [2.45, 2.75) is 27.7 Å². The standard InChI is InChI=1S/C15H19N5O/c1-8-5-9(2)13(10(3)6-8)19-14(16)20-15-17-11(4)7-12(21)18-15/h5-7H,1-4H3,(H4,16,17,18,19,20,21)/p+1. The molecule has 0 fully saturated rings. The molecule has 0 aliphatic rings. The first kappa shape index (κ1) is 14.8. The average molecular weight is 286 g/mol. The summed E-state index contributed by atoms with van der Waals surface area (Å²) in [6.45, 7) is 7.83. The topological polar surface area (TPSA) is 97.8 Å². The molecule has 0 unspecified atom stereocenters. The van der Waals surface area contributed by atoms with Gasteiger partial charge >= 0.3 is 5.95 Å². The lowest BCUT2D eigenvalue weighted by atomic mass is 10.1. The molecule has 0 amide bonds. The Bertz CT molecular complexity index is 738. The van der Waals surface area contributed by atoms with Crippen LogP contribution in [0.3, 0.4) is 0 Å². The zero-order valence-electron chi connectivity index (χ0n) is 12.7. The van der Waals surface area contributed by atoms with Crippen molar-refractivity contribution in [2.24, 2.45) is 5.73 Å². The number of H-pyrrole nitrogens is 1. The second-order valence-corrected chi connectivity index (χ2v) is 5.17. The van der Waals surface area contributed by atoms with E-state index in [1.165, 1.54) is 11.6 Å². The number of nitrogens with two attached hydrogens (primary N) is 1. The number of hydrogen-bond acceptors (Lipinski definition) is 2. The number of benzene rings is 1. The molecule has 0 saturated heterocycles. The zero-order chi connectivity index (χ0) is 15.6. The van der Waals surface area contributed by atoms with E-state index in [0.717, 1.165) is 16.8 Å². The van der Waals surface area contributed by atoms with Gasteiger partial charge in [-0.1, -0.05) is 17.7 Å². The molecule has 0 saturated carbocycles. The van der Waals surface area contributed by atoms with Crippen molar-refractivity contribution in [2.75, 3.05) is 5.32 Å². The Morgan fingerprint density at radius 2 is 1.81 bits per heavy atom. The molecule has 5 N–H and O–H groups in total. The van der Waals surface area contributed by atoms with Gasteiger partial charge in [-0.05, 0) is 38.8 Å². The molecule has 0 atom stereocenters. The highest BCUT2D eigenvalue weighted by Gasteiger charge is 2.09. The molecule has 110 valence electrons. The predicted molar refractivity (Wildman–Crippen MR) is 83.7 cm³/mol. The number of rotatable bonds is 2. The minimum absolute atomic E-state index is 0.222. The number of aromatic amines is 1. The molecular formula is C15H20N5O+. The highest BCUT2D eigenvalue weighted by atomic mass is 16.1. The Kier molecular flexibility index (Phi) is 4.07. The number of nitrogens with zero attached hydrogens (tertiary/aromatic N) is 1. The summed E-state index contributed by atoms with van der Waals surface area (Å²) < 4.78 is 0. The normalized spacial score (nSPS) is 11.5. The first-order chi connectivity index (χ1) is 9.85. The molecule has 2 aromatic rings. The van der Waals surface area contributed by atoms with Crippen LogP contribution in [0, 0.1) is 27.7 Å². The van der Waals surface area contributed by atoms with Crippen LogP contribution >= 0.6 is 0 Å². The quantitative estimate of drug-likeness (QED) is 0.466. The summed E-state index contributed by atoms with van der Waals surface area (Å²) in [7, 11) is 0. The lowest BCUT2D eigenvalue weighted by molar-refractivity contribution is -0.365. The Hall–Kier alpha value is -2.63. The zero-order valence-corrected chi connectivity index (χ0v) is 12.7. The van der Waals surface area contributed by atoms with E-state index in [1.54, 1.807) is 6.92 Å². The van der Waals surface area contributed by atoms with Crippen LogP contribution in [0.1, 0.15) is 22.4 Å². The molecule has 0 bridgehead atoms. The van der Waals surface area contributed by atoms with E-state index >= 15 is 0 Å². The molecule has 1 heterocycles. The molecule has 6 nitrogen and oxygen atoms in total. The van der Waals surface area contributed by atoms with E-state index in [4.69, 9.17) is 5.73 Å². The monoisotopic (exact) mass is 286 g/mol. The molecule has 1 aromatic carbocycles. The number of hydrogen-bond donors (Lipinski definition) is 4. The van der Waals surface area contributed by atoms with Crippen molar-refractivity contribution in [3.63, 3.8) is 0 Å². The van der Waals surface area contributed by atoms with Crippen LogP contribution in [0.5, 0.6) is 0 Å². The maximum absolute atomic E-state index is 11.4. The minimum Gasteiger partial charge on any atom is -0.322 e. The minimum atomic E-state index is -0.222. The van der Waals surface area contributed by atoms with Gasteiger partial charge in [0.2, 0.25) is 0 Å². The van der Waals surface area contributed by atoms with Gasteiger partial charge in [0.05, 0.1) is 11.4 Å². The molecule has 0 radical (unpaired) electrons. The number of guanidine groups is 1.